The third-order valence-electron chi connectivity index (χ3n) is 1.58. The predicted octanol–water partition coefficient (Wildman–Crippen LogP) is 3.19. The molecule has 0 fully saturated rings. The lowest BCUT2D eigenvalue weighted by Crippen LogP contribution is -1.99. The molecule has 1 rings (SSSR count). The summed E-state index contributed by atoms with van der Waals surface area (Å²) in [5.41, 5.74) is 2.48. The highest BCUT2D eigenvalue weighted by molar-refractivity contribution is 9.10. The molecule has 1 aromatic rings. The lowest BCUT2D eigenvalue weighted by Gasteiger charge is -2.08. The molecule has 1 aromatic carbocycles. The Morgan fingerprint density at radius 3 is 2.73 bits per heavy atom. The molecule has 0 radical (unpaired) electrons. The first-order valence-electron chi connectivity index (χ1n) is 3.74. The Morgan fingerprint density at radius 2 is 2.18 bits per heavy atom. The van der Waals surface area contributed by atoms with E-state index < -0.39 is 0 Å². The second-order valence-corrected chi connectivity index (χ2v) is 3.32. The van der Waals surface area contributed by atoms with Gasteiger partial charge in [0.15, 0.2) is 0 Å². The van der Waals surface area contributed by atoms with Gasteiger partial charge in [0.05, 0.1) is 5.69 Å². The van der Waals surface area contributed by atoms with Crippen LogP contribution in [0.2, 0.25) is 0 Å². The number of hydrogen-bond donors (Lipinski definition) is 1. The van der Waals surface area contributed by atoms with Crippen LogP contribution in [-0.2, 0) is 0 Å². The van der Waals surface area contributed by atoms with Crippen LogP contribution in [0.3, 0.4) is 0 Å². The van der Waals surface area contributed by atoms with Crippen LogP contribution in [-0.4, -0.2) is 6.54 Å². The Bertz CT molecular complexity index is 225. The largest absolute Gasteiger partial charge is 0.384 e. The summed E-state index contributed by atoms with van der Waals surface area (Å²) in [6.45, 7) is 5.16. The standard InChI is InChI=1S/C9H12BrN/c1-3-11-9-7(2)5-4-6-8(9)10/h4-6,11H,3H2,1-2H3. The molecule has 60 valence electrons. The smallest absolute Gasteiger partial charge is 0.0514 e. The molecular weight excluding hydrogens is 202 g/mol. The molecule has 0 atom stereocenters. The van der Waals surface area contributed by atoms with Gasteiger partial charge in [-0.2, -0.15) is 0 Å². The van der Waals surface area contributed by atoms with Crippen LogP contribution in [0.5, 0.6) is 0 Å². The number of rotatable bonds is 2. The fourth-order valence-electron chi connectivity index (χ4n) is 1.03. The number of hydrogen-bond acceptors (Lipinski definition) is 1. The first-order chi connectivity index (χ1) is 5.25. The van der Waals surface area contributed by atoms with Gasteiger partial charge in [-0.05, 0) is 41.4 Å². The molecule has 0 aromatic heterocycles. The topological polar surface area (TPSA) is 12.0 Å². The average molecular weight is 214 g/mol. The van der Waals surface area contributed by atoms with E-state index in [1.165, 1.54) is 11.3 Å². The molecule has 11 heavy (non-hydrogen) atoms. The predicted molar refractivity (Wildman–Crippen MR) is 53.0 cm³/mol. The second-order valence-electron chi connectivity index (χ2n) is 2.46. The molecule has 0 heterocycles. The number of halogens is 1. The van der Waals surface area contributed by atoms with Crippen LogP contribution < -0.4 is 5.32 Å². The monoisotopic (exact) mass is 213 g/mol. The van der Waals surface area contributed by atoms with Gasteiger partial charge < -0.3 is 5.32 Å². The van der Waals surface area contributed by atoms with Crippen molar-refractivity contribution in [1.82, 2.24) is 0 Å². The zero-order chi connectivity index (χ0) is 8.27. The minimum Gasteiger partial charge on any atom is -0.384 e. The van der Waals surface area contributed by atoms with Crippen LogP contribution in [0.4, 0.5) is 5.69 Å². The lowest BCUT2D eigenvalue weighted by atomic mass is 10.2. The molecule has 0 spiro atoms. The van der Waals surface area contributed by atoms with Crippen molar-refractivity contribution in [2.24, 2.45) is 0 Å². The SMILES string of the molecule is CCNc1c(C)cccc1Br. The molecule has 1 N–H and O–H groups in total. The van der Waals surface area contributed by atoms with Crippen molar-refractivity contribution >= 4 is 21.6 Å². The lowest BCUT2D eigenvalue weighted by molar-refractivity contribution is 1.19. The number of anilines is 1. The van der Waals surface area contributed by atoms with Crippen molar-refractivity contribution < 1.29 is 0 Å². The maximum Gasteiger partial charge on any atom is 0.0514 e. The summed E-state index contributed by atoms with van der Waals surface area (Å²) in [7, 11) is 0. The van der Waals surface area contributed by atoms with E-state index in [4.69, 9.17) is 0 Å². The quantitative estimate of drug-likeness (QED) is 0.797. The summed E-state index contributed by atoms with van der Waals surface area (Å²) in [6, 6.07) is 6.19. The van der Waals surface area contributed by atoms with Crippen molar-refractivity contribution in [1.29, 1.82) is 0 Å². The highest BCUT2D eigenvalue weighted by atomic mass is 79.9. The highest BCUT2D eigenvalue weighted by Gasteiger charge is 1.99. The first kappa shape index (κ1) is 8.60. The van der Waals surface area contributed by atoms with E-state index in [2.05, 4.69) is 41.2 Å². The Morgan fingerprint density at radius 1 is 1.45 bits per heavy atom. The molecule has 0 aliphatic heterocycles. The normalized spacial score (nSPS) is 9.73. The summed E-state index contributed by atoms with van der Waals surface area (Å²) in [6.07, 6.45) is 0. The fourth-order valence-corrected chi connectivity index (χ4v) is 1.64. The maximum atomic E-state index is 3.49. The zero-order valence-electron chi connectivity index (χ0n) is 6.82. The summed E-state index contributed by atoms with van der Waals surface area (Å²) in [4.78, 5) is 0. The minimum atomic E-state index is 0.962. The summed E-state index contributed by atoms with van der Waals surface area (Å²) in [5, 5.41) is 3.30. The van der Waals surface area contributed by atoms with E-state index in [9.17, 15) is 0 Å². The van der Waals surface area contributed by atoms with Crippen molar-refractivity contribution in [3.05, 3.63) is 28.2 Å². The number of para-hydroxylation sites is 1. The molecule has 0 aliphatic rings. The molecule has 1 nitrogen and oxygen atoms in total. The third-order valence-corrected chi connectivity index (χ3v) is 2.24. The van der Waals surface area contributed by atoms with Crippen LogP contribution in [0.15, 0.2) is 22.7 Å². The molecule has 0 saturated carbocycles. The van der Waals surface area contributed by atoms with Gasteiger partial charge in [0.1, 0.15) is 0 Å². The third kappa shape index (κ3) is 1.96. The molecule has 2 heteroatoms. The number of nitrogens with one attached hydrogen (secondary N) is 1. The Balaban J connectivity index is 3.00. The maximum absolute atomic E-state index is 3.49. The van der Waals surface area contributed by atoms with E-state index in [-0.39, 0.29) is 0 Å². The van der Waals surface area contributed by atoms with Crippen molar-refractivity contribution in [3.63, 3.8) is 0 Å². The van der Waals surface area contributed by atoms with E-state index >= 15 is 0 Å². The van der Waals surface area contributed by atoms with E-state index in [0.717, 1.165) is 11.0 Å². The second kappa shape index (κ2) is 3.77. The highest BCUT2D eigenvalue weighted by Crippen LogP contribution is 2.25. The van der Waals surface area contributed by atoms with Gasteiger partial charge in [-0.25, -0.2) is 0 Å². The van der Waals surface area contributed by atoms with Crippen molar-refractivity contribution in [2.45, 2.75) is 13.8 Å². The number of aryl methyl sites for hydroxylation is 1. The molecule has 0 amide bonds. The summed E-state index contributed by atoms with van der Waals surface area (Å²) < 4.78 is 1.14. The Labute approximate surface area is 75.9 Å². The van der Waals surface area contributed by atoms with Gasteiger partial charge >= 0.3 is 0 Å². The van der Waals surface area contributed by atoms with Crippen LogP contribution >= 0.6 is 15.9 Å². The van der Waals surface area contributed by atoms with Gasteiger partial charge in [-0.1, -0.05) is 12.1 Å². The van der Waals surface area contributed by atoms with Crippen molar-refractivity contribution in [2.75, 3.05) is 11.9 Å². The molecule has 0 aliphatic carbocycles. The fraction of sp³-hybridized carbons (Fsp3) is 0.333. The van der Waals surface area contributed by atoms with Crippen LogP contribution in [0.1, 0.15) is 12.5 Å². The Hall–Kier alpha value is -0.500. The zero-order valence-corrected chi connectivity index (χ0v) is 8.40. The van der Waals surface area contributed by atoms with Crippen molar-refractivity contribution in [3.8, 4) is 0 Å². The van der Waals surface area contributed by atoms with Crippen LogP contribution in [0, 0.1) is 6.92 Å². The molecule has 0 unspecified atom stereocenters. The van der Waals surface area contributed by atoms with Gasteiger partial charge in [0.2, 0.25) is 0 Å². The van der Waals surface area contributed by atoms with Gasteiger partial charge in [0, 0.05) is 11.0 Å². The van der Waals surface area contributed by atoms with Gasteiger partial charge in [0.25, 0.3) is 0 Å². The summed E-state index contributed by atoms with van der Waals surface area (Å²) in [5.74, 6) is 0. The molecule has 0 saturated heterocycles. The minimum absolute atomic E-state index is 0.962. The summed E-state index contributed by atoms with van der Waals surface area (Å²) >= 11 is 3.49. The molecular formula is C9H12BrN. The van der Waals surface area contributed by atoms with E-state index in [1.54, 1.807) is 0 Å². The van der Waals surface area contributed by atoms with Crippen LogP contribution in [0.25, 0.3) is 0 Å². The van der Waals surface area contributed by atoms with E-state index in [1.807, 2.05) is 12.1 Å². The van der Waals surface area contributed by atoms with Gasteiger partial charge in [-0.3, -0.25) is 0 Å². The van der Waals surface area contributed by atoms with E-state index in [0.29, 0.717) is 0 Å². The Kier molecular flexibility index (Phi) is 2.94. The van der Waals surface area contributed by atoms with Gasteiger partial charge in [-0.15, -0.1) is 0 Å². The average Bonchev–Trinajstić information content (AvgIpc) is 1.97. The number of benzene rings is 1. The molecule has 0 bridgehead atoms. The first-order valence-corrected chi connectivity index (χ1v) is 4.54.